The average Bonchev–Trinajstić information content (AvgIpc) is 4.05. The maximum absolute atomic E-state index is 15.4. The average molecular weight is 1090 g/mol. The number of hydrogen-bond donors (Lipinski definition) is 0. The van der Waals surface area contributed by atoms with Gasteiger partial charge >= 0.3 is 0 Å². The van der Waals surface area contributed by atoms with Gasteiger partial charge in [-0.05, 0) is 55.6 Å². The fraction of sp³-hybridized carbons (Fsp3) is 0.0435. The first-order valence-electron chi connectivity index (χ1n) is 19.3. The Morgan fingerprint density at radius 1 is 0.338 bits per heavy atom. The lowest BCUT2D eigenvalue weighted by molar-refractivity contribution is 0.378. The fourth-order valence-corrected chi connectivity index (χ4v) is 13.5. The Hall–Kier alpha value is -5.92. The summed E-state index contributed by atoms with van der Waals surface area (Å²) in [5.41, 5.74) is -11.7. The lowest BCUT2D eigenvalue weighted by Gasteiger charge is -2.44. The summed E-state index contributed by atoms with van der Waals surface area (Å²) in [6.07, 6.45) is -7.22. The third-order valence-corrected chi connectivity index (χ3v) is 16.5. The number of halogens is 20. The van der Waals surface area contributed by atoms with Crippen molar-refractivity contribution in [3.8, 4) is 0 Å². The van der Waals surface area contributed by atoms with Gasteiger partial charge in [0.25, 0.3) is 0 Å². The summed E-state index contributed by atoms with van der Waals surface area (Å²) in [5, 5.41) is 2.14. The van der Waals surface area contributed by atoms with Gasteiger partial charge in [-0.15, -0.1) is 33.2 Å². The van der Waals surface area contributed by atoms with E-state index in [0.29, 0.717) is 0 Å². The molecule has 0 N–H and O–H groups in total. The molecule has 0 saturated carbocycles. The molecule has 0 unspecified atom stereocenters. The van der Waals surface area contributed by atoms with Crippen LogP contribution in [0, 0.1) is 130 Å². The van der Waals surface area contributed by atoms with Crippen molar-refractivity contribution in [1.82, 2.24) is 0 Å². The molecule has 0 aliphatic rings. The molecule has 0 amide bonds. The van der Waals surface area contributed by atoms with Gasteiger partial charge in [-0.2, -0.15) is 0 Å². The minimum atomic E-state index is -7.22. The molecule has 0 fully saturated rings. The van der Waals surface area contributed by atoms with E-state index in [1.807, 2.05) is 23.1 Å². The van der Waals surface area contributed by atoms with Crippen molar-refractivity contribution in [2.45, 2.75) is 36.3 Å². The molecule has 370 valence electrons. The lowest BCUT2D eigenvalue weighted by atomic mass is 9.12. The molecule has 0 aliphatic heterocycles. The van der Waals surface area contributed by atoms with Crippen molar-refractivity contribution < 1.29 is 87.8 Å². The van der Waals surface area contributed by atoms with Gasteiger partial charge in [-0.3, -0.25) is 0 Å². The second-order valence-electron chi connectivity index (χ2n) is 14.8. The molecule has 0 atom stereocenters. The van der Waals surface area contributed by atoms with E-state index in [1.165, 1.54) is 33.5 Å². The maximum Gasteiger partial charge on any atom is 0.221 e. The van der Waals surface area contributed by atoms with Crippen LogP contribution in [0.4, 0.5) is 87.8 Å². The van der Waals surface area contributed by atoms with Crippen LogP contribution in [0.5, 0.6) is 0 Å². The minimum Gasteiger partial charge on any atom is -0.207 e. The SMILES string of the molecule is Cc1ccc([S+](c2ccc(C)cc2)c2ccc(Sc3cccs3)s2)cc1.Fc1c(F)c(F)c([B-](c2c(F)c(F)c(F)c(F)c2F)(c2c(F)c(F)c(F)c(F)c2F)c2c(F)c(F)c(F)c(F)c2F)c(F)c1F. The highest BCUT2D eigenvalue weighted by molar-refractivity contribution is 8.03. The zero-order valence-electron chi connectivity index (χ0n) is 34.8. The highest BCUT2D eigenvalue weighted by Gasteiger charge is 2.52. The molecule has 0 nitrogen and oxygen atoms in total. The van der Waals surface area contributed by atoms with Crippen LogP contribution in [0.25, 0.3) is 0 Å². The van der Waals surface area contributed by atoms with Gasteiger partial charge in [0.2, 0.25) is 4.21 Å². The molecular weight excluding hydrogens is 1070 g/mol. The van der Waals surface area contributed by atoms with Crippen LogP contribution in [0.1, 0.15) is 11.1 Å². The Bertz CT molecular complexity index is 2930. The molecule has 0 radical (unpaired) electrons. The lowest BCUT2D eigenvalue weighted by Crippen LogP contribution is -2.81. The van der Waals surface area contributed by atoms with Gasteiger partial charge in [-0.1, -0.05) is 64.6 Å². The topological polar surface area (TPSA) is 0 Å². The summed E-state index contributed by atoms with van der Waals surface area (Å²) in [6, 6.07) is 26.9. The van der Waals surface area contributed by atoms with Crippen LogP contribution < -0.4 is 21.9 Å². The molecule has 6 aromatic carbocycles. The van der Waals surface area contributed by atoms with Gasteiger partial charge < -0.3 is 0 Å². The van der Waals surface area contributed by atoms with Gasteiger partial charge in [0.1, 0.15) is 63.6 Å². The van der Waals surface area contributed by atoms with Crippen molar-refractivity contribution in [2.24, 2.45) is 0 Å². The predicted octanol–water partition coefficient (Wildman–Crippen LogP) is 13.5. The number of benzene rings is 6. The summed E-state index contributed by atoms with van der Waals surface area (Å²) < 4.78 is 298. The first-order chi connectivity index (χ1) is 33.4. The van der Waals surface area contributed by atoms with Gasteiger partial charge in [0.15, 0.2) is 79.6 Å². The molecule has 0 bridgehead atoms. The summed E-state index contributed by atoms with van der Waals surface area (Å²) in [4.78, 5) is 2.77. The number of aryl methyl sites for hydroxylation is 2. The van der Waals surface area contributed by atoms with Crippen molar-refractivity contribution in [1.29, 1.82) is 0 Å². The van der Waals surface area contributed by atoms with E-state index in [4.69, 9.17) is 0 Å². The van der Waals surface area contributed by atoms with Crippen molar-refractivity contribution in [2.75, 3.05) is 0 Å². The van der Waals surface area contributed by atoms with Gasteiger partial charge in [-0.25, -0.2) is 87.8 Å². The highest BCUT2D eigenvalue weighted by Crippen LogP contribution is 2.42. The number of thiophene rings is 2. The minimum absolute atomic E-state index is 0.0502. The van der Waals surface area contributed by atoms with E-state index in [1.54, 1.807) is 11.3 Å². The van der Waals surface area contributed by atoms with Crippen molar-refractivity contribution in [3.05, 3.63) is 206 Å². The molecule has 0 spiro atoms. The third kappa shape index (κ3) is 8.96. The molecule has 8 rings (SSSR count). The number of rotatable bonds is 9. The quantitative estimate of drug-likeness (QED) is 0.0456. The Kier molecular flexibility index (Phi) is 15.1. The first-order valence-corrected chi connectivity index (χ1v) is 23.0. The van der Waals surface area contributed by atoms with E-state index in [9.17, 15) is 52.7 Å². The van der Waals surface area contributed by atoms with Crippen molar-refractivity contribution in [3.63, 3.8) is 0 Å². The van der Waals surface area contributed by atoms with Crippen LogP contribution in [-0.2, 0) is 10.9 Å². The highest BCUT2D eigenvalue weighted by atomic mass is 32.2. The zero-order chi connectivity index (χ0) is 52.3. The fourth-order valence-electron chi connectivity index (χ4n) is 7.48. The third-order valence-electron chi connectivity index (χ3n) is 10.7. The van der Waals surface area contributed by atoms with E-state index in [0.717, 1.165) is 0 Å². The molecule has 8 aromatic rings. The Balaban J connectivity index is 0.000000240. The van der Waals surface area contributed by atoms with Crippen LogP contribution in [0.15, 0.2) is 101 Å². The van der Waals surface area contributed by atoms with Crippen LogP contribution in [0.2, 0.25) is 0 Å². The normalized spacial score (nSPS) is 11.7. The second kappa shape index (κ2) is 20.3. The summed E-state index contributed by atoms with van der Waals surface area (Å²) >= 11 is 5.59. The summed E-state index contributed by atoms with van der Waals surface area (Å²) in [6.45, 7) is 4.30. The van der Waals surface area contributed by atoms with Gasteiger partial charge in [0, 0.05) is 6.07 Å². The Morgan fingerprint density at radius 2 is 0.620 bits per heavy atom. The molecule has 2 heterocycles. The standard InChI is InChI=1S/C24BF20.C22H19S4/c26-5-1(6(27)14(35)21(42)13(5)34)25(2-7(28)15(36)22(43)16(37)8(2)29,3-9(30)17(38)23(44)18(39)10(3)31)4-11(32)19(40)24(45)20(41)12(4)33;1-16-5-9-18(10-6-16)26(19-11-7-17(2)8-12-19)22-14-13-21(25-22)24-20-4-3-15-23-20/h;3-15H,1-2H3/q-1;+1. The summed E-state index contributed by atoms with van der Waals surface area (Å²) in [7, 11) is -0.0502. The smallest absolute Gasteiger partial charge is 0.207 e. The van der Waals surface area contributed by atoms with Crippen molar-refractivity contribution >= 4 is 73.3 Å². The predicted molar refractivity (Wildman–Crippen MR) is 226 cm³/mol. The Morgan fingerprint density at radius 3 is 0.887 bits per heavy atom. The van der Waals surface area contributed by atoms with Gasteiger partial charge in [0.05, 0.1) is 8.42 Å². The molecule has 2 aromatic heterocycles. The van der Waals surface area contributed by atoms with Crippen LogP contribution in [0.3, 0.4) is 0 Å². The molecule has 0 aliphatic carbocycles. The molecule has 0 saturated heterocycles. The number of hydrogen-bond acceptors (Lipinski definition) is 3. The van der Waals surface area contributed by atoms with E-state index in [2.05, 4.69) is 92.0 Å². The first kappa shape index (κ1) is 52.9. The molecule has 71 heavy (non-hydrogen) atoms. The largest absolute Gasteiger partial charge is 0.221 e. The molecule has 25 heteroatoms. The van der Waals surface area contributed by atoms with Crippen LogP contribution in [-0.4, -0.2) is 6.15 Å². The second-order valence-corrected chi connectivity index (χ2v) is 20.7. The zero-order valence-corrected chi connectivity index (χ0v) is 38.0. The van der Waals surface area contributed by atoms with E-state index < -0.39 is 144 Å². The molecular formula is C46H19BF20S4. The summed E-state index contributed by atoms with van der Waals surface area (Å²) in [5.74, 6) is -71.4. The Labute approximate surface area is 401 Å². The van der Waals surface area contributed by atoms with E-state index in [-0.39, 0.29) is 10.9 Å². The van der Waals surface area contributed by atoms with E-state index >= 15 is 35.1 Å². The van der Waals surface area contributed by atoms with Crippen LogP contribution >= 0.6 is 34.4 Å². The maximum atomic E-state index is 15.4. The monoisotopic (exact) mass is 1090 g/mol.